The van der Waals surface area contributed by atoms with Crippen LogP contribution in [0.5, 0.6) is 0 Å². The molecule has 1 aliphatic carbocycles. The molecular formula is C9H11NO. The quantitative estimate of drug-likeness (QED) is 0.556. The molecule has 2 rings (SSSR count). The molecule has 0 aromatic heterocycles. The lowest BCUT2D eigenvalue weighted by atomic mass is 9.92. The Morgan fingerprint density at radius 2 is 2.27 bits per heavy atom. The Hall–Kier alpha value is -0.920. The molecule has 0 aromatic carbocycles. The third-order valence-corrected chi connectivity index (χ3v) is 2.37. The SMILES string of the molecule is CC1=NC=CC(=O)C1C1CC1. The number of nitrogens with zero attached hydrogens (tertiary/aromatic N) is 1. The van der Waals surface area contributed by atoms with Gasteiger partial charge in [0.15, 0.2) is 5.78 Å². The minimum Gasteiger partial charge on any atom is -0.294 e. The minimum absolute atomic E-state index is 0.125. The summed E-state index contributed by atoms with van der Waals surface area (Å²) in [6, 6.07) is 0. The number of rotatable bonds is 1. The van der Waals surface area contributed by atoms with Crippen LogP contribution in [0.15, 0.2) is 17.3 Å². The van der Waals surface area contributed by atoms with Crippen LogP contribution in [0.3, 0.4) is 0 Å². The summed E-state index contributed by atoms with van der Waals surface area (Å²) in [6.45, 7) is 1.95. The highest BCUT2D eigenvalue weighted by Gasteiger charge is 2.37. The lowest BCUT2D eigenvalue weighted by Crippen LogP contribution is -2.24. The Morgan fingerprint density at radius 3 is 2.82 bits per heavy atom. The van der Waals surface area contributed by atoms with E-state index in [9.17, 15) is 4.79 Å². The molecule has 2 aliphatic rings. The Bertz CT molecular complexity index is 248. The Balaban J connectivity index is 2.22. The molecule has 11 heavy (non-hydrogen) atoms. The van der Waals surface area contributed by atoms with Crippen molar-refractivity contribution in [2.24, 2.45) is 16.8 Å². The van der Waals surface area contributed by atoms with E-state index in [1.54, 1.807) is 12.3 Å². The van der Waals surface area contributed by atoms with Crippen LogP contribution in [0.4, 0.5) is 0 Å². The number of carbonyl (C=O) groups excluding carboxylic acids is 1. The molecule has 0 bridgehead atoms. The van der Waals surface area contributed by atoms with Crippen molar-refractivity contribution in [1.82, 2.24) is 0 Å². The van der Waals surface area contributed by atoms with Gasteiger partial charge in [-0.05, 0) is 25.7 Å². The molecule has 1 fully saturated rings. The summed E-state index contributed by atoms with van der Waals surface area (Å²) in [5.41, 5.74) is 1.00. The maximum Gasteiger partial charge on any atom is 0.166 e. The number of hydrogen-bond acceptors (Lipinski definition) is 2. The van der Waals surface area contributed by atoms with Crippen molar-refractivity contribution in [3.63, 3.8) is 0 Å². The van der Waals surface area contributed by atoms with E-state index in [1.807, 2.05) is 6.92 Å². The molecule has 1 unspecified atom stereocenters. The van der Waals surface area contributed by atoms with E-state index in [4.69, 9.17) is 0 Å². The zero-order valence-electron chi connectivity index (χ0n) is 6.58. The van der Waals surface area contributed by atoms with Gasteiger partial charge in [0.1, 0.15) is 0 Å². The van der Waals surface area contributed by atoms with Gasteiger partial charge in [0.2, 0.25) is 0 Å². The van der Waals surface area contributed by atoms with Gasteiger partial charge in [0.05, 0.1) is 5.92 Å². The van der Waals surface area contributed by atoms with Crippen molar-refractivity contribution in [2.45, 2.75) is 19.8 Å². The van der Waals surface area contributed by atoms with Crippen molar-refractivity contribution in [3.05, 3.63) is 12.3 Å². The highest BCUT2D eigenvalue weighted by Crippen LogP contribution is 2.39. The first-order valence-corrected chi connectivity index (χ1v) is 4.04. The molecule has 1 heterocycles. The van der Waals surface area contributed by atoms with Crippen LogP contribution >= 0.6 is 0 Å². The maximum absolute atomic E-state index is 11.3. The van der Waals surface area contributed by atoms with Gasteiger partial charge in [0.25, 0.3) is 0 Å². The molecule has 0 N–H and O–H groups in total. The van der Waals surface area contributed by atoms with E-state index in [-0.39, 0.29) is 11.7 Å². The molecule has 0 saturated heterocycles. The predicted molar refractivity (Wildman–Crippen MR) is 43.5 cm³/mol. The summed E-state index contributed by atoms with van der Waals surface area (Å²) >= 11 is 0. The third kappa shape index (κ3) is 1.13. The number of carbonyl (C=O) groups is 1. The lowest BCUT2D eigenvalue weighted by Gasteiger charge is -2.14. The summed E-state index contributed by atoms with van der Waals surface area (Å²) in [6.07, 6.45) is 5.61. The predicted octanol–water partition coefficient (Wildman–Crippen LogP) is 1.57. The van der Waals surface area contributed by atoms with E-state index >= 15 is 0 Å². The molecule has 2 nitrogen and oxygen atoms in total. The monoisotopic (exact) mass is 149 g/mol. The molecule has 0 amide bonds. The minimum atomic E-state index is 0.125. The summed E-state index contributed by atoms with van der Waals surface area (Å²) in [4.78, 5) is 15.5. The highest BCUT2D eigenvalue weighted by atomic mass is 16.1. The fraction of sp³-hybridized carbons (Fsp3) is 0.556. The summed E-state index contributed by atoms with van der Waals surface area (Å²) in [5, 5.41) is 0. The van der Waals surface area contributed by atoms with Crippen LogP contribution in [-0.2, 0) is 4.79 Å². The van der Waals surface area contributed by atoms with Gasteiger partial charge in [-0.1, -0.05) is 0 Å². The van der Waals surface area contributed by atoms with E-state index in [0.717, 1.165) is 5.71 Å². The van der Waals surface area contributed by atoms with Crippen molar-refractivity contribution in [2.75, 3.05) is 0 Å². The zero-order valence-corrected chi connectivity index (χ0v) is 6.58. The molecule has 1 atom stereocenters. The average molecular weight is 149 g/mol. The number of allylic oxidation sites excluding steroid dienone is 1. The van der Waals surface area contributed by atoms with E-state index in [0.29, 0.717) is 5.92 Å². The Kier molecular flexibility index (Phi) is 1.41. The first-order chi connectivity index (χ1) is 5.29. The van der Waals surface area contributed by atoms with Crippen molar-refractivity contribution < 1.29 is 4.79 Å². The van der Waals surface area contributed by atoms with E-state index in [1.165, 1.54) is 12.8 Å². The topological polar surface area (TPSA) is 29.4 Å². The molecule has 58 valence electrons. The van der Waals surface area contributed by atoms with E-state index in [2.05, 4.69) is 4.99 Å². The molecule has 1 saturated carbocycles. The Morgan fingerprint density at radius 1 is 1.55 bits per heavy atom. The van der Waals surface area contributed by atoms with Crippen LogP contribution < -0.4 is 0 Å². The average Bonchev–Trinajstić information content (AvgIpc) is 2.70. The van der Waals surface area contributed by atoms with Crippen LogP contribution in [0.25, 0.3) is 0 Å². The first-order valence-electron chi connectivity index (χ1n) is 4.04. The standard InChI is InChI=1S/C9H11NO/c1-6-9(7-2-3-7)8(11)4-5-10-6/h4-5,7,9H,2-3H2,1H3. The second-order valence-corrected chi connectivity index (χ2v) is 3.30. The molecule has 0 spiro atoms. The highest BCUT2D eigenvalue weighted by molar-refractivity contribution is 6.11. The summed E-state index contributed by atoms with van der Waals surface area (Å²) in [5.74, 6) is 0.983. The van der Waals surface area contributed by atoms with Gasteiger partial charge in [0, 0.05) is 18.0 Å². The Labute approximate surface area is 66.0 Å². The summed E-state index contributed by atoms with van der Waals surface area (Å²) in [7, 11) is 0. The second-order valence-electron chi connectivity index (χ2n) is 3.30. The molecular weight excluding hydrogens is 138 g/mol. The van der Waals surface area contributed by atoms with Gasteiger partial charge in [-0.25, -0.2) is 0 Å². The van der Waals surface area contributed by atoms with Crippen LogP contribution in [0.1, 0.15) is 19.8 Å². The first kappa shape index (κ1) is 6.77. The van der Waals surface area contributed by atoms with Gasteiger partial charge in [-0.15, -0.1) is 0 Å². The smallest absolute Gasteiger partial charge is 0.166 e. The zero-order chi connectivity index (χ0) is 7.84. The van der Waals surface area contributed by atoms with Crippen molar-refractivity contribution in [1.29, 1.82) is 0 Å². The van der Waals surface area contributed by atoms with Gasteiger partial charge in [-0.3, -0.25) is 9.79 Å². The van der Waals surface area contributed by atoms with Gasteiger partial charge < -0.3 is 0 Å². The molecule has 1 aliphatic heterocycles. The van der Waals surface area contributed by atoms with Crippen molar-refractivity contribution in [3.8, 4) is 0 Å². The molecule has 0 aromatic rings. The third-order valence-electron chi connectivity index (χ3n) is 2.37. The molecule has 2 heteroatoms. The van der Waals surface area contributed by atoms with Gasteiger partial charge in [-0.2, -0.15) is 0 Å². The number of aliphatic imine (C=N–C) groups is 1. The van der Waals surface area contributed by atoms with Crippen LogP contribution in [-0.4, -0.2) is 11.5 Å². The summed E-state index contributed by atoms with van der Waals surface area (Å²) < 4.78 is 0. The fourth-order valence-electron chi connectivity index (χ4n) is 1.62. The number of ketones is 1. The molecule has 0 radical (unpaired) electrons. The normalized spacial score (nSPS) is 30.5. The number of hydrogen-bond donors (Lipinski definition) is 0. The fourth-order valence-corrected chi connectivity index (χ4v) is 1.62. The van der Waals surface area contributed by atoms with Crippen LogP contribution in [0.2, 0.25) is 0 Å². The second kappa shape index (κ2) is 2.29. The van der Waals surface area contributed by atoms with E-state index < -0.39 is 0 Å². The van der Waals surface area contributed by atoms with Crippen molar-refractivity contribution >= 4 is 11.5 Å². The largest absolute Gasteiger partial charge is 0.294 e. The maximum atomic E-state index is 11.3. The lowest BCUT2D eigenvalue weighted by molar-refractivity contribution is -0.116. The van der Waals surface area contributed by atoms with Crippen LogP contribution in [0, 0.1) is 11.8 Å². The van der Waals surface area contributed by atoms with Gasteiger partial charge >= 0.3 is 0 Å².